The van der Waals surface area contributed by atoms with Gasteiger partial charge in [-0.05, 0) is 37.1 Å². The minimum Gasteiger partial charge on any atom is -0.362 e. The van der Waals surface area contributed by atoms with Crippen LogP contribution in [0.1, 0.15) is 51.6 Å². The maximum absolute atomic E-state index is 14.1. The summed E-state index contributed by atoms with van der Waals surface area (Å²) in [5.41, 5.74) is 1.47. The highest BCUT2D eigenvalue weighted by molar-refractivity contribution is 6.05. The molecule has 2 aromatic heterocycles. The van der Waals surface area contributed by atoms with Crippen molar-refractivity contribution in [2.75, 3.05) is 5.32 Å². The lowest BCUT2D eigenvalue weighted by molar-refractivity contribution is -0.143. The zero-order chi connectivity index (χ0) is 22.5. The summed E-state index contributed by atoms with van der Waals surface area (Å²) in [7, 11) is 0. The average molecular weight is 437 g/mol. The number of rotatable bonds is 4. The maximum Gasteiger partial charge on any atom is 0.434 e. The molecule has 2 aliphatic rings. The Morgan fingerprint density at radius 2 is 2.06 bits per heavy atom. The molecule has 0 bridgehead atoms. The molecule has 6 nitrogen and oxygen atoms in total. The summed E-state index contributed by atoms with van der Waals surface area (Å²) in [6, 6.07) is 8.15. The average Bonchev–Trinajstić information content (AvgIpc) is 3.51. The summed E-state index contributed by atoms with van der Waals surface area (Å²) < 4.78 is 43.1. The standard InChI is InChI=1S/C23H18F3N5O/c1-13-16-3-2-4-20(17(16)8-10-27-13)31-21(23(24,25)26)18(12-29-31)22(32)30-15-7-9-28-19(11-15)14-5-6-14/h2-4,7-12,14,27H,1,5-6H2,(H,28,30,32). The molecule has 1 aliphatic heterocycles. The van der Waals surface area contributed by atoms with E-state index in [0.717, 1.165) is 29.4 Å². The van der Waals surface area contributed by atoms with Gasteiger partial charge in [-0.2, -0.15) is 18.3 Å². The van der Waals surface area contributed by atoms with E-state index in [1.54, 1.807) is 42.7 Å². The molecule has 0 spiro atoms. The van der Waals surface area contributed by atoms with Crippen LogP contribution in [0.2, 0.25) is 0 Å². The Hall–Kier alpha value is -3.88. The van der Waals surface area contributed by atoms with E-state index in [4.69, 9.17) is 0 Å². The Morgan fingerprint density at radius 1 is 1.25 bits per heavy atom. The predicted molar refractivity (Wildman–Crippen MR) is 114 cm³/mol. The molecule has 0 atom stereocenters. The van der Waals surface area contributed by atoms with Crippen molar-refractivity contribution in [2.45, 2.75) is 24.9 Å². The third-order valence-electron chi connectivity index (χ3n) is 5.46. The minimum absolute atomic E-state index is 0.202. The van der Waals surface area contributed by atoms with Crippen LogP contribution in [-0.4, -0.2) is 20.7 Å². The highest BCUT2D eigenvalue weighted by Gasteiger charge is 2.41. The molecule has 1 saturated carbocycles. The molecule has 1 aromatic carbocycles. The van der Waals surface area contributed by atoms with Gasteiger partial charge in [0, 0.05) is 46.5 Å². The first-order valence-electron chi connectivity index (χ1n) is 10.0. The molecular formula is C23H18F3N5O. The number of alkyl halides is 3. The Bertz CT molecular complexity index is 1270. The van der Waals surface area contributed by atoms with Crippen LogP contribution in [-0.2, 0) is 6.18 Å². The number of benzene rings is 1. The quantitative estimate of drug-likeness (QED) is 0.605. The van der Waals surface area contributed by atoms with Gasteiger partial charge in [-0.1, -0.05) is 18.7 Å². The van der Waals surface area contributed by atoms with Crippen molar-refractivity contribution in [3.63, 3.8) is 0 Å². The van der Waals surface area contributed by atoms with Gasteiger partial charge in [-0.25, -0.2) is 4.68 Å². The molecule has 5 rings (SSSR count). The van der Waals surface area contributed by atoms with Gasteiger partial charge in [-0.15, -0.1) is 0 Å². The zero-order valence-electron chi connectivity index (χ0n) is 16.8. The second-order valence-corrected chi connectivity index (χ2v) is 7.71. The topological polar surface area (TPSA) is 71.8 Å². The van der Waals surface area contributed by atoms with Crippen molar-refractivity contribution in [3.05, 3.63) is 83.6 Å². The predicted octanol–water partition coefficient (Wildman–Crippen LogP) is 4.96. The SMILES string of the molecule is C=C1NC=Cc2c1cccc2-n1ncc(C(=O)Nc2ccnc(C3CC3)c2)c1C(F)(F)F. The molecule has 32 heavy (non-hydrogen) atoms. The van der Waals surface area contributed by atoms with E-state index in [1.807, 2.05) is 0 Å². The first-order valence-corrected chi connectivity index (χ1v) is 10.0. The number of carbonyl (C=O) groups excluding carboxylic acids is 1. The number of aromatic nitrogens is 3. The number of carbonyl (C=O) groups is 1. The van der Waals surface area contributed by atoms with Gasteiger partial charge < -0.3 is 10.6 Å². The van der Waals surface area contributed by atoms with E-state index in [9.17, 15) is 18.0 Å². The van der Waals surface area contributed by atoms with Crippen LogP contribution in [0.15, 0.2) is 55.5 Å². The van der Waals surface area contributed by atoms with Crippen molar-refractivity contribution in [3.8, 4) is 5.69 Å². The number of nitrogens with one attached hydrogen (secondary N) is 2. The molecule has 0 radical (unpaired) electrons. The Balaban J connectivity index is 1.55. The third kappa shape index (κ3) is 3.55. The molecular weight excluding hydrogens is 419 g/mol. The van der Waals surface area contributed by atoms with Gasteiger partial charge in [0.05, 0.1) is 17.4 Å². The number of fused-ring (bicyclic) bond motifs is 1. The van der Waals surface area contributed by atoms with Crippen molar-refractivity contribution >= 4 is 23.4 Å². The highest BCUT2D eigenvalue weighted by atomic mass is 19.4. The van der Waals surface area contributed by atoms with E-state index in [0.29, 0.717) is 28.4 Å². The first-order chi connectivity index (χ1) is 15.3. The van der Waals surface area contributed by atoms with Crippen molar-refractivity contribution in [2.24, 2.45) is 0 Å². The van der Waals surface area contributed by atoms with Gasteiger partial charge in [0.1, 0.15) is 0 Å². The van der Waals surface area contributed by atoms with Crippen molar-refractivity contribution in [1.82, 2.24) is 20.1 Å². The third-order valence-corrected chi connectivity index (χ3v) is 5.46. The molecule has 9 heteroatoms. The molecule has 1 aliphatic carbocycles. The van der Waals surface area contributed by atoms with E-state index in [1.165, 1.54) is 6.07 Å². The van der Waals surface area contributed by atoms with Gasteiger partial charge in [0.15, 0.2) is 5.69 Å². The van der Waals surface area contributed by atoms with E-state index in [-0.39, 0.29) is 5.69 Å². The molecule has 1 amide bonds. The number of nitrogens with zero attached hydrogens (tertiary/aromatic N) is 3. The summed E-state index contributed by atoms with van der Waals surface area (Å²) >= 11 is 0. The van der Waals surface area contributed by atoms with Crippen LogP contribution in [0.4, 0.5) is 18.9 Å². The monoisotopic (exact) mass is 437 g/mol. The fraction of sp³-hybridized carbons (Fsp3) is 0.174. The van der Waals surface area contributed by atoms with Crippen LogP contribution in [0.25, 0.3) is 17.5 Å². The molecule has 3 heterocycles. The van der Waals surface area contributed by atoms with Crippen LogP contribution < -0.4 is 10.6 Å². The Kier molecular flexibility index (Phi) is 4.61. The fourth-order valence-corrected chi connectivity index (χ4v) is 3.78. The fourth-order valence-electron chi connectivity index (χ4n) is 3.78. The lowest BCUT2D eigenvalue weighted by Gasteiger charge is -2.20. The molecule has 0 unspecified atom stereocenters. The lowest BCUT2D eigenvalue weighted by Crippen LogP contribution is -2.21. The van der Waals surface area contributed by atoms with Crippen molar-refractivity contribution < 1.29 is 18.0 Å². The summed E-state index contributed by atoms with van der Waals surface area (Å²) in [4.78, 5) is 17.1. The van der Waals surface area contributed by atoms with Crippen LogP contribution in [0.5, 0.6) is 0 Å². The Morgan fingerprint density at radius 3 is 2.81 bits per heavy atom. The summed E-state index contributed by atoms with van der Waals surface area (Å²) in [6.07, 6.45) is 2.97. The van der Waals surface area contributed by atoms with Gasteiger partial charge in [0.25, 0.3) is 5.91 Å². The summed E-state index contributed by atoms with van der Waals surface area (Å²) in [5.74, 6) is -0.537. The summed E-state index contributed by atoms with van der Waals surface area (Å²) in [5, 5.41) is 9.43. The van der Waals surface area contributed by atoms with E-state index < -0.39 is 23.3 Å². The van der Waals surface area contributed by atoms with E-state index in [2.05, 4.69) is 27.3 Å². The summed E-state index contributed by atoms with van der Waals surface area (Å²) in [6.45, 7) is 3.88. The number of amides is 1. The number of halogens is 3. The zero-order valence-corrected chi connectivity index (χ0v) is 16.8. The number of anilines is 1. The van der Waals surface area contributed by atoms with Crippen LogP contribution in [0.3, 0.4) is 0 Å². The second kappa shape index (κ2) is 7.37. The molecule has 1 fully saturated rings. The molecule has 3 aromatic rings. The van der Waals surface area contributed by atoms with Gasteiger partial charge in [-0.3, -0.25) is 9.78 Å². The number of pyridine rings is 1. The Labute approximate surface area is 181 Å². The maximum atomic E-state index is 14.1. The second-order valence-electron chi connectivity index (χ2n) is 7.71. The number of hydrogen-bond donors (Lipinski definition) is 2. The minimum atomic E-state index is -4.81. The smallest absolute Gasteiger partial charge is 0.362 e. The van der Waals surface area contributed by atoms with E-state index >= 15 is 0 Å². The molecule has 0 saturated heterocycles. The largest absolute Gasteiger partial charge is 0.434 e. The lowest BCUT2D eigenvalue weighted by atomic mass is 10.0. The van der Waals surface area contributed by atoms with Crippen LogP contribution >= 0.6 is 0 Å². The molecule has 2 N–H and O–H groups in total. The first kappa shape index (κ1) is 20.0. The van der Waals surface area contributed by atoms with Gasteiger partial charge >= 0.3 is 6.18 Å². The normalized spacial score (nSPS) is 15.3. The number of hydrogen-bond acceptors (Lipinski definition) is 4. The van der Waals surface area contributed by atoms with Crippen LogP contribution in [0, 0.1) is 0 Å². The van der Waals surface area contributed by atoms with Gasteiger partial charge in [0.2, 0.25) is 0 Å². The molecule has 162 valence electrons. The highest BCUT2D eigenvalue weighted by Crippen LogP contribution is 2.40. The van der Waals surface area contributed by atoms with Crippen molar-refractivity contribution in [1.29, 1.82) is 0 Å².